The van der Waals surface area contributed by atoms with Crippen molar-refractivity contribution in [1.82, 2.24) is 15.2 Å². The first-order valence-electron chi connectivity index (χ1n) is 8.54. The molecule has 0 spiro atoms. The van der Waals surface area contributed by atoms with Crippen LogP contribution in [0.3, 0.4) is 0 Å². The van der Waals surface area contributed by atoms with E-state index in [0.29, 0.717) is 6.54 Å². The highest BCUT2D eigenvalue weighted by atomic mass is 35.5. The number of aromatic nitrogens is 1. The summed E-state index contributed by atoms with van der Waals surface area (Å²) in [5.74, 6) is 0.0664. The highest BCUT2D eigenvalue weighted by Crippen LogP contribution is 2.20. The summed E-state index contributed by atoms with van der Waals surface area (Å²) < 4.78 is 0. The first-order valence-corrected chi connectivity index (χ1v) is 8.92. The van der Waals surface area contributed by atoms with Crippen LogP contribution in [0.25, 0.3) is 0 Å². The van der Waals surface area contributed by atoms with E-state index in [0.717, 1.165) is 36.8 Å². The molecular formula is C19H23ClN4O. The van der Waals surface area contributed by atoms with Crippen molar-refractivity contribution in [2.24, 2.45) is 0 Å². The second-order valence-corrected chi connectivity index (χ2v) is 6.69. The summed E-state index contributed by atoms with van der Waals surface area (Å²) in [6.45, 7) is 6.06. The van der Waals surface area contributed by atoms with Gasteiger partial charge in [-0.3, -0.25) is 14.7 Å². The molecular weight excluding hydrogens is 336 g/mol. The Labute approximate surface area is 153 Å². The third-order valence-electron chi connectivity index (χ3n) is 4.65. The van der Waals surface area contributed by atoms with Gasteiger partial charge in [-0.15, -0.1) is 0 Å². The number of anilines is 1. The van der Waals surface area contributed by atoms with Crippen LogP contribution in [0.15, 0.2) is 48.8 Å². The second kappa shape index (κ2) is 8.32. The molecule has 6 heteroatoms. The molecule has 1 atom stereocenters. The van der Waals surface area contributed by atoms with Crippen molar-refractivity contribution in [2.75, 3.05) is 31.1 Å². The van der Waals surface area contributed by atoms with E-state index in [4.69, 9.17) is 11.6 Å². The Kier molecular flexibility index (Phi) is 5.89. The monoisotopic (exact) mass is 358 g/mol. The molecule has 25 heavy (non-hydrogen) atoms. The minimum Gasteiger partial charge on any atom is -0.369 e. The fourth-order valence-corrected chi connectivity index (χ4v) is 3.15. The topological polar surface area (TPSA) is 48.5 Å². The smallest absolute Gasteiger partial charge is 0.237 e. The third kappa shape index (κ3) is 4.71. The van der Waals surface area contributed by atoms with Crippen molar-refractivity contribution >= 4 is 23.2 Å². The van der Waals surface area contributed by atoms with Gasteiger partial charge in [-0.1, -0.05) is 11.6 Å². The molecule has 132 valence electrons. The Balaban J connectivity index is 1.48. The van der Waals surface area contributed by atoms with Gasteiger partial charge >= 0.3 is 0 Å². The van der Waals surface area contributed by atoms with Crippen molar-refractivity contribution in [3.8, 4) is 0 Å². The molecule has 1 N–H and O–H groups in total. The number of amides is 1. The average Bonchev–Trinajstić information content (AvgIpc) is 2.67. The van der Waals surface area contributed by atoms with Crippen molar-refractivity contribution in [2.45, 2.75) is 19.5 Å². The molecule has 0 saturated carbocycles. The number of halogens is 1. The molecule has 1 aliphatic heterocycles. The summed E-state index contributed by atoms with van der Waals surface area (Å²) in [4.78, 5) is 21.0. The van der Waals surface area contributed by atoms with Crippen LogP contribution in [0, 0.1) is 0 Å². The molecule has 0 radical (unpaired) electrons. The van der Waals surface area contributed by atoms with Crippen molar-refractivity contribution in [3.63, 3.8) is 0 Å². The first kappa shape index (κ1) is 17.7. The average molecular weight is 359 g/mol. The van der Waals surface area contributed by atoms with E-state index in [1.165, 1.54) is 5.69 Å². The summed E-state index contributed by atoms with van der Waals surface area (Å²) in [5, 5.41) is 3.76. The van der Waals surface area contributed by atoms with E-state index < -0.39 is 0 Å². The lowest BCUT2D eigenvalue weighted by atomic mass is 10.2. The molecule has 1 aliphatic rings. The molecule has 1 saturated heterocycles. The number of carbonyl (C=O) groups is 1. The van der Waals surface area contributed by atoms with Gasteiger partial charge in [-0.25, -0.2) is 0 Å². The number of carbonyl (C=O) groups excluding carboxylic acids is 1. The van der Waals surface area contributed by atoms with E-state index in [2.05, 4.69) is 20.1 Å². The third-order valence-corrected chi connectivity index (χ3v) is 4.90. The molecule has 0 bridgehead atoms. The van der Waals surface area contributed by atoms with Gasteiger partial charge in [0.25, 0.3) is 0 Å². The van der Waals surface area contributed by atoms with E-state index in [1.807, 2.05) is 43.3 Å². The standard InChI is InChI=1S/C19H23ClN4O/c1-15(19(25)22-14-16-6-8-21-9-7-16)23-10-12-24(13-11-23)18-4-2-17(20)3-5-18/h2-9,15H,10-14H2,1H3,(H,22,25). The number of rotatable bonds is 5. The van der Waals surface area contributed by atoms with Gasteiger partial charge in [-0.2, -0.15) is 0 Å². The predicted molar refractivity (Wildman–Crippen MR) is 101 cm³/mol. The summed E-state index contributed by atoms with van der Waals surface area (Å²) in [5.41, 5.74) is 2.24. The normalized spacial score (nSPS) is 16.5. The van der Waals surface area contributed by atoms with Gasteiger partial charge in [0.2, 0.25) is 5.91 Å². The SMILES string of the molecule is CC(C(=O)NCc1ccncc1)N1CCN(c2ccc(Cl)cc2)CC1. The van der Waals surface area contributed by atoms with Gasteiger partial charge in [0.1, 0.15) is 0 Å². The van der Waals surface area contributed by atoms with E-state index >= 15 is 0 Å². The maximum Gasteiger partial charge on any atom is 0.237 e. The first-order chi connectivity index (χ1) is 12.1. The van der Waals surface area contributed by atoms with Crippen molar-refractivity contribution in [1.29, 1.82) is 0 Å². The maximum atomic E-state index is 12.4. The Bertz CT molecular complexity index is 684. The fourth-order valence-electron chi connectivity index (χ4n) is 3.02. The maximum absolute atomic E-state index is 12.4. The number of nitrogens with zero attached hydrogens (tertiary/aromatic N) is 3. The highest BCUT2D eigenvalue weighted by molar-refractivity contribution is 6.30. The quantitative estimate of drug-likeness (QED) is 0.892. The van der Waals surface area contributed by atoms with E-state index in [1.54, 1.807) is 12.4 Å². The van der Waals surface area contributed by atoms with Crippen LogP contribution in [-0.2, 0) is 11.3 Å². The summed E-state index contributed by atoms with van der Waals surface area (Å²) in [6.07, 6.45) is 3.47. The summed E-state index contributed by atoms with van der Waals surface area (Å²) in [6, 6.07) is 11.6. The zero-order valence-corrected chi connectivity index (χ0v) is 15.1. The van der Waals surface area contributed by atoms with Gasteiger partial charge in [0, 0.05) is 55.8 Å². The zero-order chi connectivity index (χ0) is 17.6. The molecule has 1 fully saturated rings. The number of nitrogens with one attached hydrogen (secondary N) is 1. The molecule has 1 aromatic heterocycles. The van der Waals surface area contributed by atoms with E-state index in [9.17, 15) is 4.79 Å². The van der Waals surface area contributed by atoms with Gasteiger partial charge in [0.05, 0.1) is 6.04 Å². The van der Waals surface area contributed by atoms with E-state index in [-0.39, 0.29) is 11.9 Å². The zero-order valence-electron chi connectivity index (χ0n) is 14.4. The number of benzene rings is 1. The number of pyridine rings is 1. The Morgan fingerprint density at radius 2 is 1.76 bits per heavy atom. The lowest BCUT2D eigenvalue weighted by Crippen LogP contribution is -2.53. The Hall–Kier alpha value is -2.11. The largest absolute Gasteiger partial charge is 0.369 e. The number of hydrogen-bond donors (Lipinski definition) is 1. The van der Waals surface area contributed by atoms with Crippen LogP contribution in [0.4, 0.5) is 5.69 Å². The molecule has 1 unspecified atom stereocenters. The number of piperazine rings is 1. The van der Waals surface area contributed by atoms with Crippen LogP contribution >= 0.6 is 11.6 Å². The molecule has 2 heterocycles. The second-order valence-electron chi connectivity index (χ2n) is 6.25. The molecule has 1 amide bonds. The molecule has 5 nitrogen and oxygen atoms in total. The minimum absolute atomic E-state index is 0.0664. The molecule has 1 aromatic carbocycles. The fraction of sp³-hybridized carbons (Fsp3) is 0.368. The van der Waals surface area contributed by atoms with Gasteiger partial charge < -0.3 is 10.2 Å². The summed E-state index contributed by atoms with van der Waals surface area (Å²) >= 11 is 5.95. The minimum atomic E-state index is -0.130. The van der Waals surface area contributed by atoms with Crippen LogP contribution in [0.2, 0.25) is 5.02 Å². The lowest BCUT2D eigenvalue weighted by molar-refractivity contribution is -0.126. The van der Waals surface area contributed by atoms with Crippen LogP contribution in [-0.4, -0.2) is 48.0 Å². The van der Waals surface area contributed by atoms with Gasteiger partial charge in [-0.05, 0) is 48.9 Å². The summed E-state index contributed by atoms with van der Waals surface area (Å²) in [7, 11) is 0. The predicted octanol–water partition coefficient (Wildman–Crippen LogP) is 2.56. The van der Waals surface area contributed by atoms with Crippen molar-refractivity contribution in [3.05, 3.63) is 59.4 Å². The van der Waals surface area contributed by atoms with Crippen LogP contribution in [0.1, 0.15) is 12.5 Å². The van der Waals surface area contributed by atoms with Crippen LogP contribution < -0.4 is 10.2 Å². The highest BCUT2D eigenvalue weighted by Gasteiger charge is 2.25. The molecule has 3 rings (SSSR count). The number of hydrogen-bond acceptors (Lipinski definition) is 4. The molecule has 0 aliphatic carbocycles. The van der Waals surface area contributed by atoms with Crippen molar-refractivity contribution < 1.29 is 4.79 Å². The lowest BCUT2D eigenvalue weighted by Gasteiger charge is -2.38. The van der Waals surface area contributed by atoms with Crippen LogP contribution in [0.5, 0.6) is 0 Å². The Morgan fingerprint density at radius 3 is 2.40 bits per heavy atom. The van der Waals surface area contributed by atoms with Gasteiger partial charge in [0.15, 0.2) is 0 Å². The Morgan fingerprint density at radius 1 is 1.12 bits per heavy atom. The molecule has 2 aromatic rings.